The first-order valence-electron chi connectivity index (χ1n) is 8.16. The van der Waals surface area contributed by atoms with E-state index in [4.69, 9.17) is 5.11 Å². The van der Waals surface area contributed by atoms with E-state index in [-0.39, 0.29) is 6.54 Å². The van der Waals surface area contributed by atoms with Gasteiger partial charge in [-0.2, -0.15) is 5.10 Å². The van der Waals surface area contributed by atoms with Gasteiger partial charge >= 0.3 is 6.09 Å². The average Bonchev–Trinajstić information content (AvgIpc) is 3.09. The molecule has 1 amide bonds. The van der Waals surface area contributed by atoms with Crippen LogP contribution in [0.3, 0.4) is 0 Å². The Morgan fingerprint density at radius 1 is 1.18 bits per heavy atom. The number of carbonyl (C=O) groups is 1. The fourth-order valence-electron chi connectivity index (χ4n) is 2.72. The highest BCUT2D eigenvalue weighted by Crippen LogP contribution is 2.27. The number of aromatic nitrogens is 2. The van der Waals surface area contributed by atoms with Gasteiger partial charge in [0.15, 0.2) is 11.6 Å². The van der Waals surface area contributed by atoms with E-state index in [0.717, 1.165) is 10.2 Å². The van der Waals surface area contributed by atoms with Crippen molar-refractivity contribution in [3.05, 3.63) is 70.9 Å². The number of hydrogen-bond donors (Lipinski definition) is 2. The van der Waals surface area contributed by atoms with Gasteiger partial charge in [0.25, 0.3) is 6.43 Å². The minimum atomic E-state index is -2.99. The standard InChI is InChI=1S/C19H15F4N3O2/c1-10-2-3-11(6-13(10)9-24-19(27)28)16-4-5-26(25-16)17-14(20)7-12(18(22)23)8-15(17)21/h2-8,18,24H,9H2,1H3,(H,27,28). The average molecular weight is 393 g/mol. The molecule has 28 heavy (non-hydrogen) atoms. The molecule has 0 aliphatic carbocycles. The first-order valence-corrected chi connectivity index (χ1v) is 8.16. The third kappa shape index (κ3) is 3.98. The number of halogens is 4. The molecule has 0 aliphatic heterocycles. The summed E-state index contributed by atoms with van der Waals surface area (Å²) in [6.07, 6.45) is -2.84. The van der Waals surface area contributed by atoms with E-state index in [2.05, 4.69) is 10.4 Å². The molecule has 0 fully saturated rings. The molecule has 9 heteroatoms. The molecule has 3 aromatic rings. The summed E-state index contributed by atoms with van der Waals surface area (Å²) < 4.78 is 54.6. The molecule has 0 spiro atoms. The van der Waals surface area contributed by atoms with Crippen molar-refractivity contribution in [2.24, 2.45) is 0 Å². The maximum absolute atomic E-state index is 14.2. The molecule has 146 valence electrons. The summed E-state index contributed by atoms with van der Waals surface area (Å²) in [7, 11) is 0. The first kappa shape index (κ1) is 19.4. The molecular weight excluding hydrogens is 378 g/mol. The third-order valence-electron chi connectivity index (χ3n) is 4.18. The zero-order valence-corrected chi connectivity index (χ0v) is 14.6. The molecule has 2 aromatic carbocycles. The second-order valence-electron chi connectivity index (χ2n) is 6.08. The third-order valence-corrected chi connectivity index (χ3v) is 4.18. The Hall–Kier alpha value is -3.36. The maximum atomic E-state index is 14.2. The lowest BCUT2D eigenvalue weighted by Gasteiger charge is -2.09. The Balaban J connectivity index is 1.95. The number of amides is 1. The number of hydrogen-bond acceptors (Lipinski definition) is 2. The molecule has 0 saturated carbocycles. The summed E-state index contributed by atoms with van der Waals surface area (Å²) in [5.74, 6) is -2.31. The predicted molar refractivity (Wildman–Crippen MR) is 93.5 cm³/mol. The summed E-state index contributed by atoms with van der Waals surface area (Å²) >= 11 is 0. The summed E-state index contributed by atoms with van der Waals surface area (Å²) in [5.41, 5.74) is 1.25. The van der Waals surface area contributed by atoms with Crippen LogP contribution >= 0.6 is 0 Å². The Bertz CT molecular complexity index is 1010. The maximum Gasteiger partial charge on any atom is 0.404 e. The van der Waals surface area contributed by atoms with Gasteiger partial charge in [0.05, 0.1) is 5.69 Å². The number of alkyl halides is 2. The molecule has 0 unspecified atom stereocenters. The monoisotopic (exact) mass is 393 g/mol. The van der Waals surface area contributed by atoms with Crippen LogP contribution in [0.2, 0.25) is 0 Å². The second kappa shape index (κ2) is 7.71. The van der Waals surface area contributed by atoms with E-state index in [9.17, 15) is 22.4 Å². The smallest absolute Gasteiger partial charge is 0.404 e. The fourth-order valence-corrected chi connectivity index (χ4v) is 2.72. The van der Waals surface area contributed by atoms with Crippen LogP contribution in [-0.4, -0.2) is 21.0 Å². The Morgan fingerprint density at radius 3 is 2.46 bits per heavy atom. The Labute approximate surface area is 157 Å². The van der Waals surface area contributed by atoms with Gasteiger partial charge in [0.2, 0.25) is 0 Å². The van der Waals surface area contributed by atoms with Crippen molar-refractivity contribution in [1.29, 1.82) is 0 Å². The number of carboxylic acid groups (broad SMARTS) is 1. The summed E-state index contributed by atoms with van der Waals surface area (Å²) in [4.78, 5) is 10.7. The molecule has 0 bridgehead atoms. The predicted octanol–water partition coefficient (Wildman–Crippen LogP) is 4.83. The molecule has 0 radical (unpaired) electrons. The van der Waals surface area contributed by atoms with Crippen molar-refractivity contribution in [2.75, 3.05) is 0 Å². The molecule has 1 heterocycles. The number of rotatable bonds is 5. The highest BCUT2D eigenvalue weighted by Gasteiger charge is 2.18. The van der Waals surface area contributed by atoms with Gasteiger partial charge in [-0.25, -0.2) is 27.0 Å². The van der Waals surface area contributed by atoms with E-state index >= 15 is 0 Å². The number of nitrogens with zero attached hydrogens (tertiary/aromatic N) is 2. The van der Waals surface area contributed by atoms with Gasteiger partial charge in [-0.05, 0) is 42.3 Å². The summed E-state index contributed by atoms with van der Waals surface area (Å²) in [5, 5.41) is 15.1. The van der Waals surface area contributed by atoms with Gasteiger partial charge in [-0.15, -0.1) is 0 Å². The fraction of sp³-hybridized carbons (Fsp3) is 0.158. The molecule has 2 N–H and O–H groups in total. The van der Waals surface area contributed by atoms with Gasteiger partial charge in [0, 0.05) is 23.9 Å². The van der Waals surface area contributed by atoms with E-state index in [1.807, 2.05) is 6.92 Å². The minimum Gasteiger partial charge on any atom is -0.465 e. The van der Waals surface area contributed by atoms with Gasteiger partial charge in [0.1, 0.15) is 5.69 Å². The first-order chi connectivity index (χ1) is 13.3. The van der Waals surface area contributed by atoms with Crippen molar-refractivity contribution in [3.63, 3.8) is 0 Å². The van der Waals surface area contributed by atoms with Crippen molar-refractivity contribution >= 4 is 6.09 Å². The van der Waals surface area contributed by atoms with Gasteiger partial charge in [-0.3, -0.25) is 0 Å². The molecule has 1 aromatic heterocycles. The SMILES string of the molecule is Cc1ccc(-c2ccn(-c3c(F)cc(C(F)F)cc3F)n2)cc1CNC(=O)O. The molecule has 3 rings (SSSR count). The van der Waals surface area contributed by atoms with Crippen LogP contribution in [0.1, 0.15) is 23.1 Å². The van der Waals surface area contributed by atoms with Crippen LogP contribution in [-0.2, 0) is 6.54 Å². The number of benzene rings is 2. The lowest BCUT2D eigenvalue weighted by Crippen LogP contribution is -2.20. The van der Waals surface area contributed by atoms with E-state index in [0.29, 0.717) is 29.0 Å². The van der Waals surface area contributed by atoms with Crippen LogP contribution in [0, 0.1) is 18.6 Å². The molecule has 0 aliphatic rings. The lowest BCUT2D eigenvalue weighted by molar-refractivity contribution is 0.150. The zero-order valence-electron chi connectivity index (χ0n) is 14.6. The van der Waals surface area contributed by atoms with Crippen LogP contribution in [0.15, 0.2) is 42.6 Å². The zero-order chi connectivity index (χ0) is 20.4. The highest BCUT2D eigenvalue weighted by molar-refractivity contribution is 5.65. The van der Waals surface area contributed by atoms with E-state index in [1.54, 1.807) is 18.2 Å². The second-order valence-corrected chi connectivity index (χ2v) is 6.08. The van der Waals surface area contributed by atoms with E-state index < -0.39 is 35.4 Å². The van der Waals surface area contributed by atoms with Crippen LogP contribution in [0.25, 0.3) is 16.9 Å². The highest BCUT2D eigenvalue weighted by atomic mass is 19.3. The number of aryl methyl sites for hydroxylation is 1. The van der Waals surface area contributed by atoms with Crippen LogP contribution in [0.4, 0.5) is 22.4 Å². The van der Waals surface area contributed by atoms with Crippen molar-refractivity contribution in [1.82, 2.24) is 15.1 Å². The summed E-state index contributed by atoms with van der Waals surface area (Å²) in [6.45, 7) is 1.91. The largest absolute Gasteiger partial charge is 0.465 e. The van der Waals surface area contributed by atoms with Gasteiger partial charge in [-0.1, -0.05) is 12.1 Å². The quantitative estimate of drug-likeness (QED) is 0.610. The van der Waals surface area contributed by atoms with Crippen molar-refractivity contribution < 1.29 is 27.5 Å². The molecule has 5 nitrogen and oxygen atoms in total. The molecule has 0 atom stereocenters. The Kier molecular flexibility index (Phi) is 5.34. The lowest BCUT2D eigenvalue weighted by atomic mass is 10.0. The van der Waals surface area contributed by atoms with Gasteiger partial charge < -0.3 is 10.4 Å². The van der Waals surface area contributed by atoms with E-state index in [1.165, 1.54) is 12.3 Å². The van der Waals surface area contributed by atoms with Crippen molar-refractivity contribution in [2.45, 2.75) is 19.9 Å². The van der Waals surface area contributed by atoms with Crippen LogP contribution in [0.5, 0.6) is 0 Å². The van der Waals surface area contributed by atoms with Crippen molar-refractivity contribution in [3.8, 4) is 16.9 Å². The molecular formula is C19H15F4N3O2. The number of nitrogens with one attached hydrogen (secondary N) is 1. The minimum absolute atomic E-state index is 0.0913. The normalized spacial score (nSPS) is 11.1. The summed E-state index contributed by atoms with van der Waals surface area (Å²) in [6, 6.07) is 7.88. The van der Waals surface area contributed by atoms with Crippen LogP contribution < -0.4 is 5.32 Å². The molecule has 0 saturated heterocycles. The Morgan fingerprint density at radius 2 is 1.86 bits per heavy atom. The topological polar surface area (TPSA) is 67.2 Å².